The SMILES string of the molecule is CO[C@H]1CC[C@@]2(Cc3ccc(-c4cc(Cl)cnc4F)cc3[C@@]23COC(N)=N3)C[C@@H]1C. The zero-order valence-electron chi connectivity index (χ0n) is 17.1. The van der Waals surface area contributed by atoms with Gasteiger partial charge in [-0.1, -0.05) is 30.7 Å². The minimum Gasteiger partial charge on any atom is -0.462 e. The van der Waals surface area contributed by atoms with Crippen LogP contribution >= 0.6 is 11.6 Å². The van der Waals surface area contributed by atoms with E-state index >= 15 is 0 Å². The van der Waals surface area contributed by atoms with Crippen LogP contribution in [0.25, 0.3) is 11.1 Å². The maximum absolute atomic E-state index is 14.5. The third-order valence-corrected chi connectivity index (χ3v) is 7.57. The van der Waals surface area contributed by atoms with Gasteiger partial charge in [0.2, 0.25) is 5.95 Å². The fourth-order valence-corrected chi connectivity index (χ4v) is 6.14. The van der Waals surface area contributed by atoms with Gasteiger partial charge in [-0.25, -0.2) is 9.98 Å². The topological polar surface area (TPSA) is 69.7 Å². The molecule has 5 rings (SSSR count). The number of hydrogen-bond donors (Lipinski definition) is 1. The van der Waals surface area contributed by atoms with Gasteiger partial charge in [0.1, 0.15) is 12.1 Å². The number of nitrogens with two attached hydrogens (primary N) is 1. The first-order valence-corrected chi connectivity index (χ1v) is 10.7. The van der Waals surface area contributed by atoms with Crippen LogP contribution in [0.4, 0.5) is 4.39 Å². The van der Waals surface area contributed by atoms with Crippen molar-refractivity contribution in [3.05, 3.63) is 52.6 Å². The minimum absolute atomic E-state index is 0.0886. The lowest BCUT2D eigenvalue weighted by atomic mass is 9.59. The van der Waals surface area contributed by atoms with Crippen LogP contribution in [0, 0.1) is 17.3 Å². The molecule has 0 bridgehead atoms. The highest BCUT2D eigenvalue weighted by molar-refractivity contribution is 6.30. The molecule has 1 aromatic heterocycles. The number of ether oxygens (including phenoxy) is 2. The van der Waals surface area contributed by atoms with Crippen LogP contribution in [0.5, 0.6) is 0 Å². The van der Waals surface area contributed by atoms with Crippen molar-refractivity contribution in [3.63, 3.8) is 0 Å². The molecule has 1 aliphatic heterocycles. The van der Waals surface area contributed by atoms with Crippen LogP contribution in [-0.2, 0) is 21.4 Å². The van der Waals surface area contributed by atoms with Crippen molar-refractivity contribution in [1.82, 2.24) is 4.98 Å². The summed E-state index contributed by atoms with van der Waals surface area (Å²) in [6.45, 7) is 2.66. The van der Waals surface area contributed by atoms with Crippen molar-refractivity contribution in [2.75, 3.05) is 13.7 Å². The minimum atomic E-state index is -0.558. The van der Waals surface area contributed by atoms with Gasteiger partial charge in [0.15, 0.2) is 0 Å². The van der Waals surface area contributed by atoms with Crippen LogP contribution in [0.15, 0.2) is 35.5 Å². The van der Waals surface area contributed by atoms with Gasteiger partial charge >= 0.3 is 0 Å². The summed E-state index contributed by atoms with van der Waals surface area (Å²) in [5, 5.41) is 0.399. The zero-order chi connectivity index (χ0) is 21.1. The first kappa shape index (κ1) is 19.8. The zero-order valence-corrected chi connectivity index (χ0v) is 17.9. The van der Waals surface area contributed by atoms with E-state index in [1.807, 2.05) is 12.1 Å². The molecule has 30 heavy (non-hydrogen) atoms. The highest BCUT2D eigenvalue weighted by Gasteiger charge is 2.62. The van der Waals surface area contributed by atoms with Crippen molar-refractivity contribution in [2.45, 2.75) is 44.2 Å². The van der Waals surface area contributed by atoms with E-state index in [-0.39, 0.29) is 17.5 Å². The van der Waals surface area contributed by atoms with E-state index in [9.17, 15) is 4.39 Å². The first-order chi connectivity index (χ1) is 14.4. The average Bonchev–Trinajstić information content (AvgIpc) is 3.23. The number of rotatable bonds is 2. The fraction of sp³-hybridized carbons (Fsp3) is 0.478. The van der Waals surface area contributed by atoms with Crippen LogP contribution in [-0.4, -0.2) is 30.8 Å². The summed E-state index contributed by atoms with van der Waals surface area (Å²) in [6.07, 6.45) is 5.40. The van der Waals surface area contributed by atoms with Gasteiger partial charge in [0, 0.05) is 24.3 Å². The molecular weight excluding hydrogens is 405 g/mol. The van der Waals surface area contributed by atoms with Crippen LogP contribution < -0.4 is 5.73 Å². The van der Waals surface area contributed by atoms with Gasteiger partial charge in [-0.3, -0.25) is 0 Å². The molecule has 2 spiro atoms. The van der Waals surface area contributed by atoms with Crippen LogP contribution in [0.2, 0.25) is 5.02 Å². The summed E-state index contributed by atoms with van der Waals surface area (Å²) in [6, 6.07) is 7.88. The van der Waals surface area contributed by atoms with Gasteiger partial charge in [0.25, 0.3) is 6.02 Å². The molecule has 0 unspecified atom stereocenters. The van der Waals surface area contributed by atoms with E-state index < -0.39 is 11.5 Å². The second-order valence-electron chi connectivity index (χ2n) is 8.91. The molecule has 3 aliphatic rings. The molecule has 1 saturated carbocycles. The number of aromatic nitrogens is 1. The standard InChI is InChI=1S/C23H25ClFN3O2/c1-13-9-22(6-5-19(13)29-2)10-15-4-3-14(17-8-16(24)11-27-20(17)25)7-18(15)23(22)12-30-21(26)28-23/h3-4,7-8,11,13,19H,5-6,9-10,12H2,1-2H3,(H2,26,28)/t13-,19-,22-,23-/m0/s1. The molecule has 158 valence electrons. The van der Waals surface area contributed by atoms with E-state index in [1.54, 1.807) is 13.2 Å². The molecule has 2 N–H and O–H groups in total. The number of fused-ring (bicyclic) bond motifs is 3. The van der Waals surface area contributed by atoms with Crippen LogP contribution in [0.3, 0.4) is 0 Å². The second kappa shape index (κ2) is 6.92. The van der Waals surface area contributed by atoms with E-state index in [2.05, 4.69) is 18.0 Å². The smallest absolute Gasteiger partial charge is 0.283 e. The Morgan fingerprint density at radius 2 is 2.17 bits per heavy atom. The number of pyridine rings is 1. The average molecular weight is 430 g/mol. The molecule has 0 saturated heterocycles. The molecule has 1 fully saturated rings. The number of amidine groups is 1. The lowest BCUT2D eigenvalue weighted by Crippen LogP contribution is -2.48. The Bertz CT molecular complexity index is 1050. The Labute approximate surface area is 180 Å². The Morgan fingerprint density at radius 3 is 2.87 bits per heavy atom. The largest absolute Gasteiger partial charge is 0.462 e. The molecule has 2 heterocycles. The number of methoxy groups -OCH3 is 1. The van der Waals surface area contributed by atoms with Gasteiger partial charge in [0.05, 0.1) is 11.1 Å². The van der Waals surface area contributed by atoms with E-state index in [4.69, 9.17) is 31.8 Å². The van der Waals surface area contributed by atoms with Crippen LogP contribution in [0.1, 0.15) is 37.3 Å². The molecule has 2 aliphatic carbocycles. The predicted octanol–water partition coefficient (Wildman–Crippen LogP) is 4.46. The van der Waals surface area contributed by atoms with Crippen molar-refractivity contribution < 1.29 is 13.9 Å². The third kappa shape index (κ3) is 2.77. The second-order valence-corrected chi connectivity index (χ2v) is 9.35. The van der Waals surface area contributed by atoms with E-state index in [0.717, 1.165) is 36.8 Å². The summed E-state index contributed by atoms with van der Waals surface area (Å²) >= 11 is 6.08. The predicted molar refractivity (Wildman–Crippen MR) is 114 cm³/mol. The van der Waals surface area contributed by atoms with Crippen molar-refractivity contribution >= 4 is 17.6 Å². The Balaban J connectivity index is 1.64. The quantitative estimate of drug-likeness (QED) is 0.715. The van der Waals surface area contributed by atoms with Gasteiger partial charge in [-0.2, -0.15) is 4.39 Å². The number of benzene rings is 1. The van der Waals surface area contributed by atoms with Crippen molar-refractivity contribution in [3.8, 4) is 11.1 Å². The Hall–Kier alpha value is -2.18. The Kier molecular flexibility index (Phi) is 4.56. The Morgan fingerprint density at radius 1 is 1.33 bits per heavy atom. The van der Waals surface area contributed by atoms with Crippen molar-refractivity contribution in [2.24, 2.45) is 22.1 Å². The molecule has 7 heteroatoms. The summed E-state index contributed by atoms with van der Waals surface area (Å²) in [5.41, 5.74) is 8.80. The highest BCUT2D eigenvalue weighted by atomic mass is 35.5. The third-order valence-electron chi connectivity index (χ3n) is 7.37. The molecule has 5 nitrogen and oxygen atoms in total. The number of halogens is 2. The highest BCUT2D eigenvalue weighted by Crippen LogP contribution is 2.62. The maximum Gasteiger partial charge on any atom is 0.283 e. The molecule has 2 aromatic rings. The van der Waals surface area contributed by atoms with E-state index in [0.29, 0.717) is 23.1 Å². The van der Waals surface area contributed by atoms with Gasteiger partial charge in [-0.05, 0) is 60.4 Å². The fourth-order valence-electron chi connectivity index (χ4n) is 5.98. The lowest BCUT2D eigenvalue weighted by Gasteiger charge is -2.47. The van der Waals surface area contributed by atoms with Gasteiger partial charge in [-0.15, -0.1) is 0 Å². The maximum atomic E-state index is 14.5. The number of nitrogens with zero attached hydrogens (tertiary/aromatic N) is 2. The first-order valence-electron chi connectivity index (χ1n) is 10.3. The van der Waals surface area contributed by atoms with Gasteiger partial charge < -0.3 is 15.2 Å². The summed E-state index contributed by atoms with van der Waals surface area (Å²) < 4.78 is 25.9. The monoisotopic (exact) mass is 429 g/mol. The normalized spacial score (nSPS) is 32.3. The number of aliphatic imine (C=N–C) groups is 1. The molecular formula is C23H25ClFN3O2. The van der Waals surface area contributed by atoms with Crippen molar-refractivity contribution in [1.29, 1.82) is 0 Å². The number of hydrogen-bond acceptors (Lipinski definition) is 5. The molecule has 1 aromatic carbocycles. The lowest BCUT2D eigenvalue weighted by molar-refractivity contribution is -0.0445. The van der Waals surface area contributed by atoms with E-state index in [1.165, 1.54) is 11.8 Å². The summed E-state index contributed by atoms with van der Waals surface area (Å²) in [7, 11) is 1.78. The molecule has 0 radical (unpaired) electrons. The summed E-state index contributed by atoms with van der Waals surface area (Å²) in [5.74, 6) is -0.137. The molecule has 4 atom stereocenters. The summed E-state index contributed by atoms with van der Waals surface area (Å²) in [4.78, 5) is 8.67. The molecule has 0 amide bonds.